The second kappa shape index (κ2) is 10.2. The van der Waals surface area contributed by atoms with Gasteiger partial charge in [0, 0.05) is 61.6 Å². The third-order valence-corrected chi connectivity index (χ3v) is 8.46. The number of benzene rings is 1. The number of hydrogen-bond acceptors (Lipinski definition) is 7. The molecule has 0 radical (unpaired) electrons. The van der Waals surface area contributed by atoms with Crippen molar-refractivity contribution in [3.05, 3.63) is 52.9 Å². The molecule has 1 saturated heterocycles. The smallest absolute Gasteiger partial charge is 0.320 e. The first kappa shape index (κ1) is 24.7. The fourth-order valence-corrected chi connectivity index (χ4v) is 6.30. The average Bonchev–Trinajstić information content (AvgIpc) is 3.55. The molecule has 0 amide bonds. The summed E-state index contributed by atoms with van der Waals surface area (Å²) in [6, 6.07) is 3.24. The lowest BCUT2D eigenvalue weighted by molar-refractivity contribution is -0.0533. The van der Waals surface area contributed by atoms with E-state index in [9.17, 15) is 17.2 Å². The Labute approximate surface area is 204 Å². The highest BCUT2D eigenvalue weighted by Crippen LogP contribution is 2.34. The molecule has 3 heterocycles. The maximum Gasteiger partial charge on any atom is 0.320 e. The molecule has 35 heavy (non-hydrogen) atoms. The van der Waals surface area contributed by atoms with Gasteiger partial charge in [-0.05, 0) is 37.5 Å². The van der Waals surface area contributed by atoms with Crippen molar-refractivity contribution in [3.8, 4) is 0 Å². The van der Waals surface area contributed by atoms with Gasteiger partial charge in [-0.1, -0.05) is 12.8 Å². The number of aromatic nitrogens is 2. The van der Waals surface area contributed by atoms with E-state index < -0.39 is 34.0 Å². The molecule has 3 atom stereocenters. The van der Waals surface area contributed by atoms with Crippen LogP contribution in [0.1, 0.15) is 55.0 Å². The molecule has 1 saturated carbocycles. The van der Waals surface area contributed by atoms with E-state index >= 15 is 0 Å². The average molecular weight is 511 g/mol. The van der Waals surface area contributed by atoms with E-state index in [1.165, 1.54) is 12.8 Å². The second-order valence-electron chi connectivity index (χ2n) is 9.69. The minimum Gasteiger partial charge on any atom is -0.370 e. The minimum atomic E-state index is -3.74. The summed E-state index contributed by atoms with van der Waals surface area (Å²) in [7, 11) is -3.74. The number of halogens is 2. The van der Waals surface area contributed by atoms with E-state index in [1.54, 1.807) is 6.20 Å². The van der Waals surface area contributed by atoms with Gasteiger partial charge in [0.25, 0.3) is 0 Å². The van der Waals surface area contributed by atoms with E-state index in [-0.39, 0.29) is 11.6 Å². The molecule has 3 aliphatic rings. The van der Waals surface area contributed by atoms with Crippen LogP contribution >= 0.6 is 0 Å². The van der Waals surface area contributed by atoms with Gasteiger partial charge in [0.1, 0.15) is 17.7 Å². The van der Waals surface area contributed by atoms with Gasteiger partial charge < -0.3 is 15.8 Å². The molecule has 2 aliphatic heterocycles. The van der Waals surface area contributed by atoms with Crippen molar-refractivity contribution in [2.75, 3.05) is 19.7 Å². The van der Waals surface area contributed by atoms with Crippen LogP contribution in [-0.2, 0) is 28.0 Å². The maximum atomic E-state index is 14.2. The number of nitrogens with one attached hydrogen (secondary N) is 2. The van der Waals surface area contributed by atoms with Crippen LogP contribution in [0.4, 0.5) is 8.78 Å². The van der Waals surface area contributed by atoms with Crippen molar-refractivity contribution in [3.63, 3.8) is 0 Å². The van der Waals surface area contributed by atoms with E-state index in [0.717, 1.165) is 40.7 Å². The van der Waals surface area contributed by atoms with Crippen LogP contribution in [0.25, 0.3) is 0 Å². The number of ether oxygens (including phenoxy) is 1. The molecule has 2 aromatic rings. The second-order valence-corrected chi connectivity index (χ2v) is 11.3. The fraction of sp³-hybridized carbons (Fsp3) is 0.609. The van der Waals surface area contributed by atoms with Gasteiger partial charge in [0.15, 0.2) is 0 Å². The summed E-state index contributed by atoms with van der Waals surface area (Å²) in [5.41, 5.74) is 7.97. The summed E-state index contributed by atoms with van der Waals surface area (Å²) in [5.74, 6) is -1.07. The number of fused-ring (bicyclic) bond motifs is 1. The SMILES string of the molecule is NC1C[C@@H](N2Cc3cn(S(=O)(=O)NCCNC4CCCC4)nc3C2)CO[C@@H]1c1cc(F)ccc1F. The zero-order valence-electron chi connectivity index (χ0n) is 19.5. The molecule has 2 fully saturated rings. The van der Waals surface area contributed by atoms with E-state index in [4.69, 9.17) is 10.5 Å². The van der Waals surface area contributed by atoms with Crippen LogP contribution < -0.4 is 15.8 Å². The van der Waals surface area contributed by atoms with Crippen LogP contribution in [0.2, 0.25) is 0 Å². The Morgan fingerprint density at radius 3 is 2.71 bits per heavy atom. The zero-order valence-corrected chi connectivity index (χ0v) is 20.3. The van der Waals surface area contributed by atoms with E-state index in [0.29, 0.717) is 50.9 Å². The number of hydrogen-bond donors (Lipinski definition) is 3. The highest BCUT2D eigenvalue weighted by Gasteiger charge is 2.37. The summed E-state index contributed by atoms with van der Waals surface area (Å²) in [6.45, 7) is 2.20. The van der Waals surface area contributed by atoms with Crippen LogP contribution in [0.5, 0.6) is 0 Å². The van der Waals surface area contributed by atoms with Crippen molar-refractivity contribution in [2.24, 2.45) is 5.73 Å². The predicted octanol–water partition coefficient (Wildman–Crippen LogP) is 1.55. The van der Waals surface area contributed by atoms with Gasteiger partial charge >= 0.3 is 10.2 Å². The Balaban J connectivity index is 1.14. The van der Waals surface area contributed by atoms with Crippen molar-refractivity contribution in [1.82, 2.24) is 24.1 Å². The maximum absolute atomic E-state index is 14.2. The molecule has 5 rings (SSSR count). The van der Waals surface area contributed by atoms with E-state index in [2.05, 4.69) is 20.0 Å². The Kier molecular flexibility index (Phi) is 7.20. The quantitative estimate of drug-likeness (QED) is 0.462. The molecular formula is C23H32F2N6O3S. The van der Waals surface area contributed by atoms with Crippen molar-refractivity contribution < 1.29 is 21.9 Å². The number of nitrogens with zero attached hydrogens (tertiary/aromatic N) is 3. The molecule has 4 N–H and O–H groups in total. The first-order valence-electron chi connectivity index (χ1n) is 12.2. The lowest BCUT2D eigenvalue weighted by Gasteiger charge is -2.38. The summed E-state index contributed by atoms with van der Waals surface area (Å²) >= 11 is 0. The Morgan fingerprint density at radius 1 is 1.17 bits per heavy atom. The predicted molar refractivity (Wildman–Crippen MR) is 125 cm³/mol. The Morgan fingerprint density at radius 2 is 1.97 bits per heavy atom. The Hall–Kier alpha value is -1.96. The molecule has 9 nitrogen and oxygen atoms in total. The first-order chi connectivity index (χ1) is 16.8. The molecule has 12 heteroatoms. The third-order valence-electron chi connectivity index (χ3n) is 7.21. The van der Waals surface area contributed by atoms with Crippen molar-refractivity contribution in [1.29, 1.82) is 0 Å². The summed E-state index contributed by atoms with van der Waals surface area (Å²) in [5, 5.41) is 7.69. The topological polar surface area (TPSA) is 115 Å². The van der Waals surface area contributed by atoms with Gasteiger partial charge in [-0.15, -0.1) is 0 Å². The molecule has 1 unspecified atom stereocenters. The van der Waals surface area contributed by atoms with Gasteiger partial charge in [0.05, 0.1) is 12.3 Å². The monoisotopic (exact) mass is 510 g/mol. The van der Waals surface area contributed by atoms with Crippen LogP contribution in [0.15, 0.2) is 24.4 Å². The summed E-state index contributed by atoms with van der Waals surface area (Å²) in [4.78, 5) is 2.13. The van der Waals surface area contributed by atoms with Gasteiger partial charge in [-0.3, -0.25) is 4.90 Å². The van der Waals surface area contributed by atoms with Crippen LogP contribution in [-0.4, -0.2) is 60.3 Å². The molecule has 1 aromatic heterocycles. The first-order valence-corrected chi connectivity index (χ1v) is 13.6. The molecule has 1 aromatic carbocycles. The minimum absolute atomic E-state index is 0.0306. The van der Waals surface area contributed by atoms with Gasteiger partial charge in [0.2, 0.25) is 0 Å². The highest BCUT2D eigenvalue weighted by molar-refractivity contribution is 7.87. The molecule has 1 aliphatic carbocycles. The molecule has 192 valence electrons. The third kappa shape index (κ3) is 5.42. The molecular weight excluding hydrogens is 478 g/mol. The van der Waals surface area contributed by atoms with Crippen molar-refractivity contribution >= 4 is 10.2 Å². The lowest BCUT2D eigenvalue weighted by atomic mass is 9.93. The summed E-state index contributed by atoms with van der Waals surface area (Å²) < 4.78 is 62.5. The van der Waals surface area contributed by atoms with Crippen LogP contribution in [0, 0.1) is 11.6 Å². The molecule has 0 spiro atoms. The van der Waals surface area contributed by atoms with Gasteiger partial charge in [-0.2, -0.15) is 22.3 Å². The van der Waals surface area contributed by atoms with Crippen LogP contribution in [0.3, 0.4) is 0 Å². The van der Waals surface area contributed by atoms with Crippen molar-refractivity contribution in [2.45, 2.75) is 69.4 Å². The Bertz CT molecular complexity index is 1130. The summed E-state index contributed by atoms with van der Waals surface area (Å²) in [6.07, 6.45) is 6.13. The standard InChI is InChI=1S/C23H32F2N6O3S/c24-16-5-6-20(25)19(9-16)23-21(26)10-18(14-34-23)30-11-15-12-31(29-22(15)13-30)35(32,33)28-8-7-27-17-3-1-2-4-17/h5-6,9,12,17-18,21,23,27-28H,1-4,7-8,10-11,13-14,26H2/t18-,21?,23-/m1/s1. The normalized spacial score (nSPS) is 25.9. The number of rotatable bonds is 8. The highest BCUT2D eigenvalue weighted by atomic mass is 32.2. The number of nitrogens with two attached hydrogens (primary N) is 1. The van der Waals surface area contributed by atoms with E-state index in [1.807, 2.05) is 0 Å². The molecule has 0 bridgehead atoms. The fourth-order valence-electron chi connectivity index (χ4n) is 5.34. The van der Waals surface area contributed by atoms with Gasteiger partial charge in [-0.25, -0.2) is 8.78 Å². The lowest BCUT2D eigenvalue weighted by Crippen LogP contribution is -2.47. The zero-order chi connectivity index (χ0) is 24.6. The largest absolute Gasteiger partial charge is 0.370 e.